The fourth-order valence-corrected chi connectivity index (χ4v) is 2.34. The molecule has 0 aromatic heterocycles. The van der Waals surface area contributed by atoms with Gasteiger partial charge in [0.1, 0.15) is 11.4 Å². The molecule has 0 saturated heterocycles. The van der Waals surface area contributed by atoms with Crippen LogP contribution in [0.5, 0.6) is 5.75 Å². The molecular weight excluding hydrogens is 320 g/mol. The Hall–Kier alpha value is -1.95. The van der Waals surface area contributed by atoms with Gasteiger partial charge in [-0.15, -0.1) is 0 Å². The first-order valence-electron chi connectivity index (χ1n) is 7.40. The number of hydrogen-bond acceptors (Lipinski definition) is 4. The van der Waals surface area contributed by atoms with Crippen LogP contribution >= 0.6 is 11.6 Å². The summed E-state index contributed by atoms with van der Waals surface area (Å²) in [7, 11) is 0. The molecule has 1 N–H and O–H groups in total. The Kier molecular flexibility index (Phi) is 5.36. The predicted molar refractivity (Wildman–Crippen MR) is 86.6 cm³/mol. The number of benzene rings is 1. The Balaban J connectivity index is 1.92. The summed E-state index contributed by atoms with van der Waals surface area (Å²) in [6.45, 7) is 6.42. The van der Waals surface area contributed by atoms with Crippen molar-refractivity contribution in [3.05, 3.63) is 28.8 Å². The summed E-state index contributed by atoms with van der Waals surface area (Å²) in [6, 6.07) is 5.27. The molecule has 0 radical (unpaired) electrons. The Morgan fingerprint density at radius 1 is 1.43 bits per heavy atom. The van der Waals surface area contributed by atoms with E-state index in [2.05, 4.69) is 5.32 Å². The van der Waals surface area contributed by atoms with Gasteiger partial charge in [0.15, 0.2) is 6.61 Å². The zero-order valence-electron chi connectivity index (χ0n) is 13.5. The first-order valence-corrected chi connectivity index (χ1v) is 7.78. The van der Waals surface area contributed by atoms with Gasteiger partial charge in [0.05, 0.1) is 0 Å². The van der Waals surface area contributed by atoms with Crippen molar-refractivity contribution in [2.75, 3.05) is 19.7 Å². The first-order chi connectivity index (χ1) is 10.7. The Morgan fingerprint density at radius 3 is 2.87 bits per heavy atom. The number of carbonyl (C=O) groups is 2. The number of alkyl carbamates (subject to hydrolysis) is 1. The van der Waals surface area contributed by atoms with Crippen molar-refractivity contribution in [1.82, 2.24) is 10.2 Å². The number of amides is 2. The first kappa shape index (κ1) is 17.4. The second kappa shape index (κ2) is 7.08. The molecule has 0 aliphatic carbocycles. The fraction of sp³-hybridized carbons (Fsp3) is 0.500. The molecule has 1 aliphatic heterocycles. The van der Waals surface area contributed by atoms with Crippen LogP contribution in [-0.2, 0) is 16.1 Å². The lowest BCUT2D eigenvalue weighted by atomic mass is 10.2. The van der Waals surface area contributed by atoms with Gasteiger partial charge in [-0.05, 0) is 39.0 Å². The highest BCUT2D eigenvalue weighted by Gasteiger charge is 2.22. The third-order valence-electron chi connectivity index (χ3n) is 3.14. The van der Waals surface area contributed by atoms with Crippen molar-refractivity contribution in [3.63, 3.8) is 0 Å². The maximum Gasteiger partial charge on any atom is 0.407 e. The van der Waals surface area contributed by atoms with Crippen LogP contribution in [0.4, 0.5) is 4.79 Å². The molecule has 6 nitrogen and oxygen atoms in total. The highest BCUT2D eigenvalue weighted by atomic mass is 35.5. The van der Waals surface area contributed by atoms with Gasteiger partial charge in [-0.2, -0.15) is 0 Å². The number of fused-ring (bicyclic) bond motifs is 1. The van der Waals surface area contributed by atoms with Crippen LogP contribution in [0.25, 0.3) is 0 Å². The second-order valence-electron chi connectivity index (χ2n) is 6.28. The summed E-state index contributed by atoms with van der Waals surface area (Å²) in [4.78, 5) is 25.3. The van der Waals surface area contributed by atoms with Crippen LogP contribution in [0, 0.1) is 0 Å². The zero-order chi connectivity index (χ0) is 17.0. The van der Waals surface area contributed by atoms with Crippen molar-refractivity contribution in [2.45, 2.75) is 32.9 Å². The molecule has 1 aromatic rings. The minimum Gasteiger partial charge on any atom is -0.483 e. The molecule has 0 bridgehead atoms. The van der Waals surface area contributed by atoms with E-state index in [-0.39, 0.29) is 12.5 Å². The van der Waals surface area contributed by atoms with E-state index in [1.165, 1.54) is 0 Å². The van der Waals surface area contributed by atoms with Crippen molar-refractivity contribution < 1.29 is 19.1 Å². The minimum absolute atomic E-state index is 0.0267. The lowest BCUT2D eigenvalue weighted by Gasteiger charge is -2.22. The van der Waals surface area contributed by atoms with Gasteiger partial charge in [-0.25, -0.2) is 4.79 Å². The topological polar surface area (TPSA) is 67.9 Å². The lowest BCUT2D eigenvalue weighted by Crippen LogP contribution is -2.40. The zero-order valence-corrected chi connectivity index (χ0v) is 14.3. The van der Waals surface area contributed by atoms with Gasteiger partial charge in [0.2, 0.25) is 0 Å². The second-order valence-corrected chi connectivity index (χ2v) is 6.72. The predicted octanol–water partition coefficient (Wildman–Crippen LogP) is 2.59. The summed E-state index contributed by atoms with van der Waals surface area (Å²) in [6.07, 6.45) is -0.500. The van der Waals surface area contributed by atoms with E-state index in [0.717, 1.165) is 5.56 Å². The number of nitrogens with one attached hydrogen (secondary N) is 1. The molecule has 0 atom stereocenters. The number of rotatable bonds is 3. The molecule has 0 unspecified atom stereocenters. The molecule has 23 heavy (non-hydrogen) atoms. The number of hydrogen-bond donors (Lipinski definition) is 1. The van der Waals surface area contributed by atoms with E-state index < -0.39 is 11.7 Å². The van der Waals surface area contributed by atoms with Gasteiger partial charge < -0.3 is 19.7 Å². The molecule has 1 aliphatic rings. The number of halogens is 1. The van der Waals surface area contributed by atoms with Crippen molar-refractivity contribution in [3.8, 4) is 5.75 Å². The maximum absolute atomic E-state index is 12.1. The summed E-state index contributed by atoms with van der Waals surface area (Å²) in [5.41, 5.74) is 0.298. The van der Waals surface area contributed by atoms with Crippen molar-refractivity contribution in [2.24, 2.45) is 0 Å². The van der Waals surface area contributed by atoms with Gasteiger partial charge in [0, 0.05) is 30.2 Å². The molecule has 1 aromatic carbocycles. The van der Waals surface area contributed by atoms with E-state index in [0.29, 0.717) is 30.4 Å². The van der Waals surface area contributed by atoms with Crippen molar-refractivity contribution >= 4 is 23.6 Å². The average Bonchev–Trinajstić information content (AvgIpc) is 2.57. The van der Waals surface area contributed by atoms with E-state index in [4.69, 9.17) is 21.1 Å². The van der Waals surface area contributed by atoms with Gasteiger partial charge in [-0.1, -0.05) is 11.6 Å². The SMILES string of the molecule is CC(C)(C)OC(=O)NCCN1Cc2cc(Cl)ccc2OCC1=O. The molecule has 0 fully saturated rings. The highest BCUT2D eigenvalue weighted by molar-refractivity contribution is 6.30. The lowest BCUT2D eigenvalue weighted by molar-refractivity contribution is -0.133. The molecule has 2 rings (SSSR count). The maximum atomic E-state index is 12.1. The molecule has 2 amide bonds. The third-order valence-corrected chi connectivity index (χ3v) is 3.37. The number of nitrogens with zero attached hydrogens (tertiary/aromatic N) is 1. The summed E-state index contributed by atoms with van der Waals surface area (Å²) in [5, 5.41) is 3.23. The molecule has 1 heterocycles. The Bertz CT molecular complexity index is 598. The van der Waals surface area contributed by atoms with Crippen molar-refractivity contribution in [1.29, 1.82) is 0 Å². The number of ether oxygens (including phenoxy) is 2. The normalized spacial score (nSPS) is 14.6. The van der Waals surface area contributed by atoms with Crippen LogP contribution in [0.1, 0.15) is 26.3 Å². The molecule has 0 saturated carbocycles. The van der Waals surface area contributed by atoms with Crippen LogP contribution in [0.15, 0.2) is 18.2 Å². The minimum atomic E-state index is -0.550. The Morgan fingerprint density at radius 2 is 2.17 bits per heavy atom. The molecule has 126 valence electrons. The highest BCUT2D eigenvalue weighted by Crippen LogP contribution is 2.26. The van der Waals surface area contributed by atoms with E-state index in [1.54, 1.807) is 43.9 Å². The van der Waals surface area contributed by atoms with E-state index in [9.17, 15) is 9.59 Å². The third kappa shape index (κ3) is 5.32. The summed E-state index contributed by atoms with van der Waals surface area (Å²) in [5.74, 6) is 0.522. The van der Waals surface area contributed by atoms with Crippen LogP contribution in [0.2, 0.25) is 5.02 Å². The van der Waals surface area contributed by atoms with Crippen LogP contribution < -0.4 is 10.1 Å². The van der Waals surface area contributed by atoms with Gasteiger partial charge in [0.25, 0.3) is 5.91 Å². The van der Waals surface area contributed by atoms with E-state index in [1.807, 2.05) is 0 Å². The van der Waals surface area contributed by atoms with Crippen LogP contribution in [0.3, 0.4) is 0 Å². The average molecular weight is 341 g/mol. The molecule has 7 heteroatoms. The smallest absolute Gasteiger partial charge is 0.407 e. The standard InChI is InChI=1S/C16H21ClN2O4/c1-16(2,3)23-15(21)18-6-7-19-9-11-8-12(17)4-5-13(11)22-10-14(19)20/h4-5,8H,6-7,9-10H2,1-3H3,(H,18,21). The summed E-state index contributed by atoms with van der Waals surface area (Å²) < 4.78 is 10.6. The van der Waals surface area contributed by atoms with Gasteiger partial charge in [-0.3, -0.25) is 4.79 Å². The largest absolute Gasteiger partial charge is 0.483 e. The summed E-state index contributed by atoms with van der Waals surface area (Å²) >= 11 is 5.99. The quantitative estimate of drug-likeness (QED) is 0.918. The fourth-order valence-electron chi connectivity index (χ4n) is 2.15. The molecule has 0 spiro atoms. The van der Waals surface area contributed by atoms with E-state index >= 15 is 0 Å². The molecular formula is C16H21ClN2O4. The Labute approximate surface area is 140 Å². The number of carbonyl (C=O) groups excluding carboxylic acids is 2. The van der Waals surface area contributed by atoms with Crippen LogP contribution in [-0.4, -0.2) is 42.2 Å². The monoisotopic (exact) mass is 340 g/mol. The van der Waals surface area contributed by atoms with Gasteiger partial charge >= 0.3 is 6.09 Å².